The molecule has 3 aromatic rings. The van der Waals surface area contributed by atoms with Gasteiger partial charge in [0, 0.05) is 18.0 Å². The molecule has 0 atom stereocenters. The second-order valence-electron chi connectivity index (χ2n) is 7.71. The molecule has 2 heterocycles. The Morgan fingerprint density at radius 2 is 1.77 bits per heavy atom. The van der Waals surface area contributed by atoms with Crippen LogP contribution in [0.1, 0.15) is 36.6 Å². The predicted octanol–water partition coefficient (Wildman–Crippen LogP) is 4.71. The molecule has 0 saturated heterocycles. The molecule has 35 heavy (non-hydrogen) atoms. The van der Waals surface area contributed by atoms with E-state index in [4.69, 9.17) is 23.2 Å². The van der Waals surface area contributed by atoms with Gasteiger partial charge in [-0.15, -0.1) is 10.2 Å². The highest BCUT2D eigenvalue weighted by molar-refractivity contribution is 7.92. The topological polar surface area (TPSA) is 119 Å². The molecule has 0 unspecified atom stereocenters. The Hall–Kier alpha value is -2.90. The molecule has 186 valence electrons. The van der Waals surface area contributed by atoms with Crippen molar-refractivity contribution in [2.75, 3.05) is 10.0 Å². The van der Waals surface area contributed by atoms with E-state index < -0.39 is 32.8 Å². The summed E-state index contributed by atoms with van der Waals surface area (Å²) in [4.78, 5) is 12.3. The minimum absolute atomic E-state index is 0.0234. The number of aromatic nitrogens is 4. The Kier molecular flexibility index (Phi) is 6.93. The normalized spacial score (nSPS) is 14.1. The zero-order valence-electron chi connectivity index (χ0n) is 17.7. The maximum Gasteiger partial charge on any atom is 0.436 e. The first-order chi connectivity index (χ1) is 16.4. The summed E-state index contributed by atoms with van der Waals surface area (Å²) in [6, 6.07) is 8.02. The van der Waals surface area contributed by atoms with E-state index in [2.05, 4.69) is 25.3 Å². The van der Waals surface area contributed by atoms with Crippen LogP contribution in [0.15, 0.2) is 41.3 Å². The lowest BCUT2D eigenvalue weighted by Crippen LogP contribution is -2.17. The van der Waals surface area contributed by atoms with Gasteiger partial charge in [0.2, 0.25) is 5.91 Å². The number of hydrogen-bond donors (Lipinski definition) is 2. The van der Waals surface area contributed by atoms with Crippen LogP contribution in [0.25, 0.3) is 0 Å². The third kappa shape index (κ3) is 6.03. The zero-order valence-corrected chi connectivity index (χ0v) is 20.0. The van der Waals surface area contributed by atoms with Crippen LogP contribution in [0.5, 0.6) is 0 Å². The molecule has 0 radical (unpaired) electrons. The van der Waals surface area contributed by atoms with Gasteiger partial charge in [-0.1, -0.05) is 23.2 Å². The van der Waals surface area contributed by atoms with Crippen LogP contribution in [0.4, 0.5) is 24.7 Å². The van der Waals surface area contributed by atoms with Crippen LogP contribution >= 0.6 is 23.2 Å². The maximum atomic E-state index is 13.2. The van der Waals surface area contributed by atoms with E-state index in [1.807, 2.05) is 0 Å². The fourth-order valence-corrected chi connectivity index (χ4v) is 4.76. The summed E-state index contributed by atoms with van der Waals surface area (Å²) in [5.74, 6) is -0.613. The lowest BCUT2D eigenvalue weighted by Gasteiger charge is -2.10. The molecule has 15 heteroatoms. The molecule has 1 saturated carbocycles. The summed E-state index contributed by atoms with van der Waals surface area (Å²) in [7, 11) is -3.96. The highest BCUT2D eigenvalue weighted by Gasteiger charge is 2.42. The van der Waals surface area contributed by atoms with Crippen molar-refractivity contribution < 1.29 is 26.4 Å². The van der Waals surface area contributed by atoms with Gasteiger partial charge in [0.05, 0.1) is 22.2 Å². The van der Waals surface area contributed by atoms with Gasteiger partial charge in [0.15, 0.2) is 16.7 Å². The SMILES string of the molecule is O=C(CCn1nc(C(F)(F)F)c(Cl)c1C1CC1)Nc1ccc(S(=O)(=O)Nc2ccc(Cl)nn2)cc1. The molecule has 4 rings (SSSR count). The summed E-state index contributed by atoms with van der Waals surface area (Å²) in [5.41, 5.74) is -0.562. The first-order valence-electron chi connectivity index (χ1n) is 10.2. The molecule has 9 nitrogen and oxygen atoms in total. The number of sulfonamides is 1. The minimum Gasteiger partial charge on any atom is -0.326 e. The van der Waals surface area contributed by atoms with Crippen LogP contribution in [-0.2, 0) is 27.5 Å². The van der Waals surface area contributed by atoms with E-state index in [-0.39, 0.29) is 34.7 Å². The molecule has 1 aromatic carbocycles. The quantitative estimate of drug-likeness (QED) is 0.421. The van der Waals surface area contributed by atoms with E-state index in [1.54, 1.807) is 0 Å². The Morgan fingerprint density at radius 1 is 1.09 bits per heavy atom. The Balaban J connectivity index is 1.38. The van der Waals surface area contributed by atoms with Crippen LogP contribution in [0.3, 0.4) is 0 Å². The fraction of sp³-hybridized carbons (Fsp3) is 0.300. The van der Waals surface area contributed by atoms with Gasteiger partial charge in [-0.2, -0.15) is 18.3 Å². The average molecular weight is 549 g/mol. The molecule has 2 aromatic heterocycles. The molecule has 1 aliphatic carbocycles. The van der Waals surface area contributed by atoms with Gasteiger partial charge in [0.1, 0.15) is 0 Å². The lowest BCUT2D eigenvalue weighted by atomic mass is 10.2. The van der Waals surface area contributed by atoms with Crippen LogP contribution in [0.2, 0.25) is 10.2 Å². The summed E-state index contributed by atoms with van der Waals surface area (Å²) in [6.45, 7) is -0.0913. The van der Waals surface area contributed by atoms with Gasteiger partial charge in [-0.25, -0.2) is 8.42 Å². The molecule has 1 amide bonds. The second-order valence-corrected chi connectivity index (χ2v) is 10.2. The first-order valence-corrected chi connectivity index (χ1v) is 12.4. The Bertz CT molecular complexity index is 1340. The number of carbonyl (C=O) groups excluding carboxylic acids is 1. The van der Waals surface area contributed by atoms with Crippen LogP contribution < -0.4 is 10.0 Å². The third-order valence-corrected chi connectivity index (χ3v) is 6.98. The number of aryl methyl sites for hydroxylation is 1. The number of nitrogens with zero attached hydrogens (tertiary/aromatic N) is 4. The van der Waals surface area contributed by atoms with Gasteiger partial charge in [-0.05, 0) is 49.2 Å². The number of rotatable bonds is 8. The number of carbonyl (C=O) groups is 1. The van der Waals surface area contributed by atoms with Crippen LogP contribution in [-0.4, -0.2) is 34.3 Å². The second kappa shape index (κ2) is 9.63. The Labute approximate surface area is 207 Å². The average Bonchev–Trinajstić information content (AvgIpc) is 3.55. The highest BCUT2D eigenvalue weighted by atomic mass is 35.5. The van der Waals surface area contributed by atoms with Crippen molar-refractivity contribution in [2.45, 2.75) is 42.8 Å². The molecule has 0 bridgehead atoms. The minimum atomic E-state index is -4.69. The molecule has 0 aliphatic heterocycles. The van der Waals surface area contributed by atoms with Crippen molar-refractivity contribution in [3.05, 3.63) is 58.0 Å². The molecular formula is C20H17Cl2F3N6O3S. The summed E-state index contributed by atoms with van der Waals surface area (Å²) < 4.78 is 67.8. The van der Waals surface area contributed by atoms with E-state index in [0.29, 0.717) is 24.2 Å². The lowest BCUT2D eigenvalue weighted by molar-refractivity contribution is -0.141. The highest BCUT2D eigenvalue weighted by Crippen LogP contribution is 2.46. The number of nitrogens with one attached hydrogen (secondary N) is 2. The Morgan fingerprint density at radius 3 is 2.34 bits per heavy atom. The van der Waals surface area contributed by atoms with Gasteiger partial charge < -0.3 is 5.32 Å². The number of benzene rings is 1. The van der Waals surface area contributed by atoms with Crippen molar-refractivity contribution in [1.82, 2.24) is 20.0 Å². The summed E-state index contributed by atoms with van der Waals surface area (Å²) in [6.07, 6.45) is -3.43. The number of hydrogen-bond acceptors (Lipinski definition) is 6. The van der Waals surface area contributed by atoms with Gasteiger partial charge in [-0.3, -0.25) is 14.2 Å². The number of anilines is 2. The first kappa shape index (κ1) is 25.2. The fourth-order valence-electron chi connectivity index (χ4n) is 3.27. The number of alkyl halides is 3. The summed E-state index contributed by atoms with van der Waals surface area (Å²) >= 11 is 11.6. The van der Waals surface area contributed by atoms with Gasteiger partial charge in [0.25, 0.3) is 10.0 Å². The predicted molar refractivity (Wildman–Crippen MR) is 122 cm³/mol. The van der Waals surface area contributed by atoms with Crippen LogP contribution in [0, 0.1) is 0 Å². The monoisotopic (exact) mass is 548 g/mol. The van der Waals surface area contributed by atoms with Crippen molar-refractivity contribution in [3.63, 3.8) is 0 Å². The largest absolute Gasteiger partial charge is 0.436 e. The van der Waals surface area contributed by atoms with Gasteiger partial charge >= 0.3 is 6.18 Å². The zero-order chi connectivity index (χ0) is 25.4. The van der Waals surface area contributed by atoms with Crippen molar-refractivity contribution >= 4 is 50.6 Å². The smallest absolute Gasteiger partial charge is 0.326 e. The molecule has 1 fully saturated rings. The molecular weight excluding hydrogens is 532 g/mol. The van der Waals surface area contributed by atoms with E-state index in [0.717, 1.165) is 4.68 Å². The third-order valence-electron chi connectivity index (χ3n) is 5.03. The number of amides is 1. The standard InChI is InChI=1S/C20H17Cl2F3N6O3S/c21-14-7-8-15(28-27-14)30-35(33,34)13-5-3-12(4-6-13)26-16(32)9-10-31-18(11-1-2-11)17(22)19(29-31)20(23,24)25/h3-8,11H,1-2,9-10H2,(H,26,32)(H,28,30). The van der Waals surface area contributed by atoms with E-state index in [9.17, 15) is 26.4 Å². The van der Waals surface area contributed by atoms with E-state index >= 15 is 0 Å². The molecule has 0 spiro atoms. The van der Waals surface area contributed by atoms with Crippen molar-refractivity contribution in [1.29, 1.82) is 0 Å². The maximum absolute atomic E-state index is 13.2. The van der Waals surface area contributed by atoms with Crippen molar-refractivity contribution in [2.24, 2.45) is 0 Å². The van der Waals surface area contributed by atoms with Crippen molar-refractivity contribution in [3.8, 4) is 0 Å². The van der Waals surface area contributed by atoms with E-state index in [1.165, 1.54) is 36.4 Å². The summed E-state index contributed by atoms with van der Waals surface area (Å²) in [5, 5.41) is 13.0. The molecule has 2 N–H and O–H groups in total. The molecule has 1 aliphatic rings. The number of halogens is 5.